The molecule has 0 heterocycles. The SMILES string of the molecule is C=C(C1=C(C)CCCC1(C)C)/C(C)=C(\F)c1ccc(C(=O)O)cc1Cl. The van der Waals surface area contributed by atoms with Crippen molar-refractivity contribution in [1.29, 1.82) is 0 Å². The maximum absolute atomic E-state index is 15.1. The third kappa shape index (κ3) is 3.87. The van der Waals surface area contributed by atoms with Crippen molar-refractivity contribution < 1.29 is 14.3 Å². The minimum Gasteiger partial charge on any atom is -0.478 e. The van der Waals surface area contributed by atoms with Crippen LogP contribution in [0, 0.1) is 5.41 Å². The van der Waals surface area contributed by atoms with Crippen LogP contribution >= 0.6 is 11.6 Å². The molecule has 0 unspecified atom stereocenters. The van der Waals surface area contributed by atoms with Gasteiger partial charge in [-0.05, 0) is 73.4 Å². The number of hydrogen-bond acceptors (Lipinski definition) is 1. The number of aromatic carboxylic acids is 1. The largest absolute Gasteiger partial charge is 0.478 e. The summed E-state index contributed by atoms with van der Waals surface area (Å²) in [6.45, 7) is 12.3. The molecule has 1 aliphatic carbocycles. The zero-order valence-corrected chi connectivity index (χ0v) is 15.9. The van der Waals surface area contributed by atoms with Crippen molar-refractivity contribution in [2.75, 3.05) is 0 Å². The molecule has 0 saturated carbocycles. The van der Waals surface area contributed by atoms with E-state index in [1.54, 1.807) is 6.92 Å². The van der Waals surface area contributed by atoms with Gasteiger partial charge in [-0.1, -0.05) is 37.6 Å². The molecule has 0 fully saturated rings. The van der Waals surface area contributed by atoms with Gasteiger partial charge >= 0.3 is 5.97 Å². The molecular weight excluding hydrogens is 339 g/mol. The molecule has 0 amide bonds. The summed E-state index contributed by atoms with van der Waals surface area (Å²) in [6.07, 6.45) is 3.17. The molecule has 0 saturated heterocycles. The van der Waals surface area contributed by atoms with Crippen molar-refractivity contribution in [3.63, 3.8) is 0 Å². The van der Waals surface area contributed by atoms with Crippen LogP contribution in [0.25, 0.3) is 5.83 Å². The fourth-order valence-electron chi connectivity index (χ4n) is 3.64. The summed E-state index contributed by atoms with van der Waals surface area (Å²) in [5.74, 6) is -1.56. The average Bonchev–Trinajstić information content (AvgIpc) is 2.52. The third-order valence-corrected chi connectivity index (χ3v) is 5.31. The first-order valence-corrected chi connectivity index (χ1v) is 8.73. The monoisotopic (exact) mass is 362 g/mol. The summed E-state index contributed by atoms with van der Waals surface area (Å²) in [5.41, 5.74) is 3.68. The molecule has 0 bridgehead atoms. The molecule has 1 aliphatic rings. The Balaban J connectivity index is 2.49. The van der Waals surface area contributed by atoms with E-state index in [1.165, 1.54) is 23.8 Å². The Kier molecular flexibility index (Phi) is 5.58. The van der Waals surface area contributed by atoms with Crippen molar-refractivity contribution >= 4 is 23.4 Å². The molecule has 0 atom stereocenters. The number of carboxylic acids is 1. The van der Waals surface area contributed by atoms with E-state index in [1.807, 2.05) is 0 Å². The second kappa shape index (κ2) is 7.17. The van der Waals surface area contributed by atoms with Gasteiger partial charge in [-0.3, -0.25) is 0 Å². The fraction of sp³-hybridized carbons (Fsp3) is 0.381. The lowest BCUT2D eigenvalue weighted by molar-refractivity contribution is 0.0697. The maximum atomic E-state index is 15.1. The number of benzene rings is 1. The first-order valence-electron chi connectivity index (χ1n) is 8.35. The van der Waals surface area contributed by atoms with Crippen LogP contribution in [-0.2, 0) is 0 Å². The molecule has 0 spiro atoms. The Hall–Kier alpha value is -1.87. The molecular formula is C21H24ClFO2. The predicted molar refractivity (Wildman–Crippen MR) is 102 cm³/mol. The molecule has 1 N–H and O–H groups in total. The van der Waals surface area contributed by atoms with Gasteiger partial charge in [0.2, 0.25) is 0 Å². The predicted octanol–water partition coefficient (Wildman–Crippen LogP) is 6.82. The van der Waals surface area contributed by atoms with Gasteiger partial charge in [0.05, 0.1) is 10.6 Å². The quantitative estimate of drug-likeness (QED) is 0.596. The highest BCUT2D eigenvalue weighted by Gasteiger charge is 2.31. The lowest BCUT2D eigenvalue weighted by atomic mass is 9.69. The van der Waals surface area contributed by atoms with E-state index in [0.29, 0.717) is 11.1 Å². The van der Waals surface area contributed by atoms with Gasteiger partial charge in [0.15, 0.2) is 0 Å². The van der Waals surface area contributed by atoms with E-state index >= 15 is 4.39 Å². The van der Waals surface area contributed by atoms with Gasteiger partial charge in [-0.2, -0.15) is 0 Å². The summed E-state index contributed by atoms with van der Waals surface area (Å²) >= 11 is 6.11. The lowest BCUT2D eigenvalue weighted by Gasteiger charge is -2.36. The zero-order chi connectivity index (χ0) is 18.9. The summed E-state index contributed by atoms with van der Waals surface area (Å²) in [6, 6.07) is 4.03. The Morgan fingerprint density at radius 2 is 2.00 bits per heavy atom. The van der Waals surface area contributed by atoms with Gasteiger partial charge in [-0.15, -0.1) is 0 Å². The Labute approximate surface area is 153 Å². The topological polar surface area (TPSA) is 37.3 Å². The van der Waals surface area contributed by atoms with Gasteiger partial charge in [0, 0.05) is 5.56 Å². The van der Waals surface area contributed by atoms with E-state index < -0.39 is 11.8 Å². The van der Waals surface area contributed by atoms with Gasteiger partial charge in [-0.25, -0.2) is 9.18 Å². The average molecular weight is 363 g/mol. The summed E-state index contributed by atoms with van der Waals surface area (Å²) in [7, 11) is 0. The minimum atomic E-state index is -1.09. The van der Waals surface area contributed by atoms with Crippen LogP contribution in [-0.4, -0.2) is 11.1 Å². The smallest absolute Gasteiger partial charge is 0.335 e. The maximum Gasteiger partial charge on any atom is 0.335 e. The van der Waals surface area contributed by atoms with Gasteiger partial charge in [0.1, 0.15) is 5.83 Å². The van der Waals surface area contributed by atoms with Crippen LogP contribution in [0.15, 0.2) is 47.1 Å². The zero-order valence-electron chi connectivity index (χ0n) is 15.2. The summed E-state index contributed by atoms with van der Waals surface area (Å²) < 4.78 is 15.1. The molecule has 25 heavy (non-hydrogen) atoms. The van der Waals surface area contributed by atoms with E-state index in [4.69, 9.17) is 16.7 Å². The fourth-order valence-corrected chi connectivity index (χ4v) is 3.90. The van der Waals surface area contributed by atoms with E-state index in [2.05, 4.69) is 27.4 Å². The van der Waals surface area contributed by atoms with Gasteiger partial charge in [0.25, 0.3) is 0 Å². The standard InChI is InChI=1S/C21H24ClFO2/c1-12-7-6-10-21(4,5)18(12)13(2)14(3)19(23)16-9-8-15(20(24)25)11-17(16)22/h8-9,11H,2,6-7,10H2,1,3-5H3,(H,24,25)/b19-14-. The highest BCUT2D eigenvalue weighted by Crippen LogP contribution is 2.46. The van der Waals surface area contributed by atoms with Crippen molar-refractivity contribution in [3.05, 3.63) is 63.2 Å². The number of carbonyl (C=O) groups is 1. The van der Waals surface area contributed by atoms with Crippen molar-refractivity contribution in [3.8, 4) is 0 Å². The molecule has 1 aromatic rings. The molecule has 2 nitrogen and oxygen atoms in total. The number of hydrogen-bond donors (Lipinski definition) is 1. The second-order valence-corrected chi connectivity index (χ2v) is 7.72. The Morgan fingerprint density at radius 1 is 1.36 bits per heavy atom. The minimum absolute atomic E-state index is 0.0324. The normalized spacial score (nSPS) is 18.0. The van der Waals surface area contributed by atoms with Crippen LogP contribution in [0.2, 0.25) is 5.02 Å². The molecule has 1 aromatic carbocycles. The number of halogens is 2. The number of carboxylic acid groups (broad SMARTS) is 1. The Morgan fingerprint density at radius 3 is 2.52 bits per heavy atom. The molecule has 0 radical (unpaired) electrons. The molecule has 2 rings (SSSR count). The third-order valence-electron chi connectivity index (χ3n) is 4.99. The van der Waals surface area contributed by atoms with Crippen LogP contribution in [0.1, 0.15) is 62.9 Å². The van der Waals surface area contributed by atoms with Crippen molar-refractivity contribution in [1.82, 2.24) is 0 Å². The van der Waals surface area contributed by atoms with Crippen molar-refractivity contribution in [2.24, 2.45) is 5.41 Å². The van der Waals surface area contributed by atoms with Crippen molar-refractivity contribution in [2.45, 2.75) is 47.0 Å². The first-order chi connectivity index (χ1) is 11.6. The van der Waals surface area contributed by atoms with Crippen LogP contribution < -0.4 is 0 Å². The molecule has 134 valence electrons. The van der Waals surface area contributed by atoms with Crippen LogP contribution in [0.4, 0.5) is 4.39 Å². The van der Waals surface area contributed by atoms with E-state index in [9.17, 15) is 4.79 Å². The highest BCUT2D eigenvalue weighted by molar-refractivity contribution is 6.32. The molecule has 0 aliphatic heterocycles. The molecule has 0 aromatic heterocycles. The summed E-state index contributed by atoms with van der Waals surface area (Å²) in [5, 5.41) is 9.09. The first kappa shape index (κ1) is 19.5. The van der Waals surface area contributed by atoms with Gasteiger partial charge < -0.3 is 5.11 Å². The van der Waals surface area contributed by atoms with E-state index in [-0.39, 0.29) is 21.6 Å². The Bertz CT molecular complexity index is 800. The van der Waals surface area contributed by atoms with Crippen LogP contribution in [0.3, 0.4) is 0 Å². The highest BCUT2D eigenvalue weighted by atomic mass is 35.5. The number of rotatable bonds is 4. The second-order valence-electron chi connectivity index (χ2n) is 7.31. The number of allylic oxidation sites excluding steroid dienone is 4. The molecule has 4 heteroatoms. The van der Waals surface area contributed by atoms with E-state index in [0.717, 1.165) is 24.8 Å². The van der Waals surface area contributed by atoms with Crippen LogP contribution in [0.5, 0.6) is 0 Å². The lowest BCUT2D eigenvalue weighted by Crippen LogP contribution is -2.22. The summed E-state index contributed by atoms with van der Waals surface area (Å²) in [4.78, 5) is 11.0.